The van der Waals surface area contributed by atoms with E-state index < -0.39 is 31.3 Å². The van der Waals surface area contributed by atoms with Crippen molar-refractivity contribution in [3.05, 3.63) is 42.5 Å². The van der Waals surface area contributed by atoms with Crippen LogP contribution < -0.4 is 4.74 Å². The van der Waals surface area contributed by atoms with Crippen LogP contribution in [0.1, 0.15) is 0 Å². The molecule has 1 rings (SSSR count). The zero-order valence-electron chi connectivity index (χ0n) is 10.1. The Balaban J connectivity index is 2.43. The number of benzene rings is 1. The monoisotopic (exact) mass is 266 g/mol. The topological polar surface area (TPSA) is 93.1 Å². The molecule has 0 saturated carbocycles. The van der Waals surface area contributed by atoms with Gasteiger partial charge in [-0.1, -0.05) is 18.2 Å². The molecule has 1 aromatic rings. The molecule has 1 aromatic carbocycles. The van der Waals surface area contributed by atoms with Gasteiger partial charge in [-0.25, -0.2) is 9.59 Å². The SMILES string of the molecule is O=C(/C=C/C(=O)OC(CO)CO)Oc1ccccc1. The highest BCUT2D eigenvalue weighted by Gasteiger charge is 2.10. The Morgan fingerprint density at radius 2 is 1.63 bits per heavy atom. The quantitative estimate of drug-likeness (QED) is 0.429. The Morgan fingerprint density at radius 1 is 1.05 bits per heavy atom. The largest absolute Gasteiger partial charge is 0.454 e. The number of para-hydroxylation sites is 1. The Bertz CT molecular complexity index is 436. The highest BCUT2D eigenvalue weighted by molar-refractivity contribution is 5.92. The van der Waals surface area contributed by atoms with Gasteiger partial charge in [0.15, 0.2) is 0 Å². The summed E-state index contributed by atoms with van der Waals surface area (Å²) in [6.07, 6.45) is 0.771. The second-order valence-electron chi connectivity index (χ2n) is 3.49. The van der Waals surface area contributed by atoms with E-state index in [1.165, 1.54) is 0 Å². The lowest BCUT2D eigenvalue weighted by atomic mass is 10.3. The predicted molar refractivity (Wildman–Crippen MR) is 65.3 cm³/mol. The van der Waals surface area contributed by atoms with Gasteiger partial charge >= 0.3 is 11.9 Å². The van der Waals surface area contributed by atoms with Gasteiger partial charge < -0.3 is 19.7 Å². The van der Waals surface area contributed by atoms with Gasteiger partial charge in [0.2, 0.25) is 0 Å². The molecule has 0 spiro atoms. The lowest BCUT2D eigenvalue weighted by Crippen LogP contribution is -2.24. The van der Waals surface area contributed by atoms with Crippen molar-refractivity contribution in [3.8, 4) is 5.75 Å². The minimum Gasteiger partial charge on any atom is -0.454 e. The molecule has 0 radical (unpaired) electrons. The highest BCUT2D eigenvalue weighted by Crippen LogP contribution is 2.08. The fraction of sp³-hybridized carbons (Fsp3) is 0.231. The lowest BCUT2D eigenvalue weighted by molar-refractivity contribution is -0.147. The zero-order chi connectivity index (χ0) is 14.1. The Morgan fingerprint density at radius 3 is 2.21 bits per heavy atom. The number of aliphatic hydroxyl groups excluding tert-OH is 2. The molecule has 6 nitrogen and oxygen atoms in total. The first-order valence-electron chi connectivity index (χ1n) is 5.53. The summed E-state index contributed by atoms with van der Waals surface area (Å²) >= 11 is 0. The third-order valence-corrected chi connectivity index (χ3v) is 2.01. The second kappa shape index (κ2) is 8.02. The fourth-order valence-electron chi connectivity index (χ4n) is 1.11. The van der Waals surface area contributed by atoms with Crippen molar-refractivity contribution in [1.82, 2.24) is 0 Å². The summed E-state index contributed by atoms with van der Waals surface area (Å²) in [6, 6.07) is 8.37. The molecule has 102 valence electrons. The van der Waals surface area contributed by atoms with E-state index in [2.05, 4.69) is 4.74 Å². The molecule has 0 aliphatic carbocycles. The number of hydrogen-bond acceptors (Lipinski definition) is 6. The summed E-state index contributed by atoms with van der Waals surface area (Å²) in [5.41, 5.74) is 0. The third kappa shape index (κ3) is 5.80. The van der Waals surface area contributed by atoms with Crippen LogP contribution in [0.4, 0.5) is 0 Å². The van der Waals surface area contributed by atoms with Crippen LogP contribution in [0.25, 0.3) is 0 Å². The van der Waals surface area contributed by atoms with Crippen LogP contribution in [-0.2, 0) is 14.3 Å². The van der Waals surface area contributed by atoms with Crippen molar-refractivity contribution in [3.63, 3.8) is 0 Å². The molecule has 0 aromatic heterocycles. The molecule has 2 N–H and O–H groups in total. The normalized spacial score (nSPS) is 10.7. The van der Waals surface area contributed by atoms with Crippen molar-refractivity contribution in [2.75, 3.05) is 13.2 Å². The number of hydrogen-bond donors (Lipinski definition) is 2. The summed E-state index contributed by atoms with van der Waals surface area (Å²) in [5.74, 6) is -1.22. The molecule has 0 amide bonds. The maximum atomic E-state index is 11.3. The van der Waals surface area contributed by atoms with Gasteiger partial charge in [-0.05, 0) is 12.1 Å². The second-order valence-corrected chi connectivity index (χ2v) is 3.49. The van der Waals surface area contributed by atoms with Crippen LogP contribution in [0.15, 0.2) is 42.5 Å². The first-order valence-corrected chi connectivity index (χ1v) is 5.53. The Kier molecular flexibility index (Phi) is 6.28. The van der Waals surface area contributed by atoms with E-state index in [1.807, 2.05) is 0 Å². The summed E-state index contributed by atoms with van der Waals surface area (Å²) < 4.78 is 9.51. The molecule has 6 heteroatoms. The molecule has 0 bridgehead atoms. The van der Waals surface area contributed by atoms with Crippen molar-refractivity contribution < 1.29 is 29.3 Å². The molecule has 19 heavy (non-hydrogen) atoms. The fourth-order valence-corrected chi connectivity index (χ4v) is 1.11. The van der Waals surface area contributed by atoms with Gasteiger partial charge in [0.25, 0.3) is 0 Å². The van der Waals surface area contributed by atoms with E-state index >= 15 is 0 Å². The van der Waals surface area contributed by atoms with E-state index in [1.54, 1.807) is 30.3 Å². The van der Waals surface area contributed by atoms with E-state index in [9.17, 15) is 9.59 Å². The number of ether oxygens (including phenoxy) is 2. The molecule has 0 unspecified atom stereocenters. The third-order valence-electron chi connectivity index (χ3n) is 2.01. The summed E-state index contributed by atoms with van der Waals surface area (Å²) in [5, 5.41) is 17.4. The number of carbonyl (C=O) groups excluding carboxylic acids is 2. The minimum atomic E-state index is -0.998. The van der Waals surface area contributed by atoms with Gasteiger partial charge in [0.05, 0.1) is 13.2 Å². The summed E-state index contributed by atoms with van der Waals surface area (Å²) in [4.78, 5) is 22.5. The van der Waals surface area contributed by atoms with Gasteiger partial charge in [-0.15, -0.1) is 0 Å². The number of aliphatic hydroxyl groups is 2. The zero-order valence-corrected chi connectivity index (χ0v) is 10.1. The van der Waals surface area contributed by atoms with Crippen LogP contribution >= 0.6 is 0 Å². The average Bonchev–Trinajstić information content (AvgIpc) is 2.43. The highest BCUT2D eigenvalue weighted by atomic mass is 16.6. The van der Waals surface area contributed by atoms with Crippen LogP contribution in [0.2, 0.25) is 0 Å². The van der Waals surface area contributed by atoms with Gasteiger partial charge in [-0.2, -0.15) is 0 Å². The summed E-state index contributed by atoms with van der Waals surface area (Å²) in [7, 11) is 0. The van der Waals surface area contributed by atoms with Crippen molar-refractivity contribution in [1.29, 1.82) is 0 Å². The van der Waals surface area contributed by atoms with Crippen molar-refractivity contribution in [2.45, 2.75) is 6.10 Å². The van der Waals surface area contributed by atoms with Crippen molar-refractivity contribution >= 4 is 11.9 Å². The Hall–Kier alpha value is -2.18. The molecule has 0 aliphatic rings. The molecule has 0 saturated heterocycles. The molecule has 0 atom stereocenters. The van der Waals surface area contributed by atoms with Crippen LogP contribution in [0.3, 0.4) is 0 Å². The van der Waals surface area contributed by atoms with Crippen molar-refractivity contribution in [2.24, 2.45) is 0 Å². The number of rotatable bonds is 6. The molecule has 0 fully saturated rings. The van der Waals surface area contributed by atoms with Crippen LogP contribution in [0, 0.1) is 0 Å². The maximum absolute atomic E-state index is 11.3. The van der Waals surface area contributed by atoms with E-state index in [0.29, 0.717) is 5.75 Å². The van der Waals surface area contributed by atoms with Crippen LogP contribution in [-0.4, -0.2) is 41.5 Å². The number of esters is 2. The molecule has 0 aliphatic heterocycles. The van der Waals surface area contributed by atoms with E-state index in [4.69, 9.17) is 14.9 Å². The number of carbonyl (C=O) groups is 2. The molecular formula is C13H14O6. The van der Waals surface area contributed by atoms with Gasteiger partial charge in [0, 0.05) is 12.2 Å². The first-order chi connectivity index (χ1) is 9.15. The smallest absolute Gasteiger partial charge is 0.336 e. The maximum Gasteiger partial charge on any atom is 0.336 e. The van der Waals surface area contributed by atoms with Gasteiger partial charge in [-0.3, -0.25) is 0 Å². The Labute approximate surface area is 109 Å². The average molecular weight is 266 g/mol. The summed E-state index contributed by atoms with van der Waals surface area (Å²) in [6.45, 7) is -0.991. The van der Waals surface area contributed by atoms with Gasteiger partial charge in [0.1, 0.15) is 11.9 Å². The van der Waals surface area contributed by atoms with Crippen LogP contribution in [0.5, 0.6) is 5.75 Å². The molecular weight excluding hydrogens is 252 g/mol. The first kappa shape index (κ1) is 14.9. The predicted octanol–water partition coefficient (Wildman–Crippen LogP) is 0.0446. The standard InChI is InChI=1S/C13H14O6/c14-8-11(9-15)19-13(17)7-6-12(16)18-10-4-2-1-3-5-10/h1-7,11,14-15H,8-9H2/b7-6+. The minimum absolute atomic E-state index is 0.356. The lowest BCUT2D eigenvalue weighted by Gasteiger charge is -2.10. The molecule has 0 heterocycles. The van der Waals surface area contributed by atoms with E-state index in [-0.39, 0.29) is 0 Å². The van der Waals surface area contributed by atoms with E-state index in [0.717, 1.165) is 12.2 Å².